The van der Waals surface area contributed by atoms with Crippen LogP contribution in [0.1, 0.15) is 0 Å². The molecule has 0 saturated heterocycles. The second-order valence-electron chi connectivity index (χ2n) is 10.7. The predicted octanol–water partition coefficient (Wildman–Crippen LogP) is 10.1. The van der Waals surface area contributed by atoms with E-state index in [4.69, 9.17) is 9.97 Å². The maximum atomic E-state index is 5.34. The lowest BCUT2D eigenvalue weighted by Crippen LogP contribution is -2.03. The van der Waals surface area contributed by atoms with Crippen molar-refractivity contribution in [3.63, 3.8) is 0 Å². The van der Waals surface area contributed by atoms with E-state index in [1.807, 2.05) is 0 Å². The zero-order valence-corrected chi connectivity index (χ0v) is 23.9. The largest absolute Gasteiger partial charge is 0.316 e. The zero-order valence-electron chi connectivity index (χ0n) is 23.1. The van der Waals surface area contributed by atoms with Crippen molar-refractivity contribution in [3.05, 3.63) is 145 Å². The summed E-state index contributed by atoms with van der Waals surface area (Å²) in [6.07, 6.45) is 2.16. The minimum absolute atomic E-state index is 0.682. The number of hydrogen-bond donors (Lipinski definition) is 0. The van der Waals surface area contributed by atoms with Crippen LogP contribution in [0.15, 0.2) is 145 Å². The van der Waals surface area contributed by atoms with E-state index < -0.39 is 0 Å². The molecule has 9 rings (SSSR count). The number of rotatable bonds is 4. The summed E-state index contributed by atoms with van der Waals surface area (Å²) in [6.45, 7) is 0. The summed E-state index contributed by atoms with van der Waals surface area (Å²) in [5.74, 6) is 0.682. The molecule has 0 bridgehead atoms. The van der Waals surface area contributed by atoms with Gasteiger partial charge >= 0.3 is 0 Å². The first-order chi connectivity index (χ1) is 21.3. The number of hydrogen-bond acceptors (Lipinski definition) is 3. The Bertz CT molecular complexity index is 2450. The predicted molar refractivity (Wildman–Crippen MR) is 179 cm³/mol. The van der Waals surface area contributed by atoms with Crippen LogP contribution in [0.3, 0.4) is 0 Å². The first kappa shape index (κ1) is 24.1. The van der Waals surface area contributed by atoms with Crippen LogP contribution in [-0.2, 0) is 0 Å². The number of fused-ring (bicyclic) bond motifs is 6. The summed E-state index contributed by atoms with van der Waals surface area (Å²) < 4.78 is 4.51. The summed E-state index contributed by atoms with van der Waals surface area (Å²) >= 11 is 1.66. The van der Waals surface area contributed by atoms with E-state index in [2.05, 4.69) is 154 Å². The van der Waals surface area contributed by atoms with Gasteiger partial charge in [-0.25, -0.2) is 9.97 Å². The third-order valence-electron chi connectivity index (χ3n) is 8.29. The first-order valence-electron chi connectivity index (χ1n) is 14.3. The minimum atomic E-state index is 0.682. The van der Waals surface area contributed by atoms with Crippen LogP contribution in [0.2, 0.25) is 0 Å². The van der Waals surface area contributed by atoms with Crippen molar-refractivity contribution in [3.8, 4) is 34.0 Å². The molecule has 0 unspecified atom stereocenters. The summed E-state index contributed by atoms with van der Waals surface area (Å²) in [7, 11) is 0. The molecule has 0 aliphatic heterocycles. The van der Waals surface area contributed by atoms with E-state index in [0.717, 1.165) is 43.7 Å². The van der Waals surface area contributed by atoms with Crippen LogP contribution in [0.25, 0.3) is 76.9 Å². The molecule has 0 amide bonds. The SMILES string of the molecule is c1ccc(-c2cccc(-c3nc(-n4c5ccccc5c5ccc6c(ccn6-c6ccccc6)c54)nc4sccc34)c2)cc1. The van der Waals surface area contributed by atoms with Gasteiger partial charge in [0.05, 0.1) is 22.2 Å². The average Bonchev–Trinajstić information content (AvgIpc) is 3.81. The molecule has 9 aromatic rings. The third kappa shape index (κ3) is 3.75. The van der Waals surface area contributed by atoms with Gasteiger partial charge in [-0.15, -0.1) is 11.3 Å². The molecule has 5 aromatic carbocycles. The Morgan fingerprint density at radius 1 is 0.512 bits per heavy atom. The van der Waals surface area contributed by atoms with Gasteiger partial charge in [-0.1, -0.05) is 91.0 Å². The third-order valence-corrected chi connectivity index (χ3v) is 9.10. The maximum Gasteiger partial charge on any atom is 0.236 e. The van der Waals surface area contributed by atoms with Crippen LogP contribution in [0, 0.1) is 0 Å². The summed E-state index contributed by atoms with van der Waals surface area (Å²) in [5.41, 5.74) is 8.88. The Balaban J connectivity index is 1.33. The topological polar surface area (TPSA) is 35.6 Å². The highest BCUT2D eigenvalue weighted by molar-refractivity contribution is 7.16. The van der Waals surface area contributed by atoms with Gasteiger partial charge in [0.15, 0.2) is 0 Å². The van der Waals surface area contributed by atoms with Crippen molar-refractivity contribution in [2.45, 2.75) is 0 Å². The van der Waals surface area contributed by atoms with Crippen LogP contribution in [0.4, 0.5) is 0 Å². The molecule has 4 nitrogen and oxygen atoms in total. The summed E-state index contributed by atoms with van der Waals surface area (Å²) in [6, 6.07) is 47.1. The molecular weight excluding hydrogens is 545 g/mol. The Morgan fingerprint density at radius 3 is 2.16 bits per heavy atom. The zero-order chi connectivity index (χ0) is 28.3. The molecule has 0 aliphatic rings. The number of thiophene rings is 1. The summed E-state index contributed by atoms with van der Waals surface area (Å²) in [4.78, 5) is 11.5. The van der Waals surface area contributed by atoms with Gasteiger partial charge in [0, 0.05) is 39.0 Å². The van der Waals surface area contributed by atoms with E-state index in [1.54, 1.807) is 11.3 Å². The van der Waals surface area contributed by atoms with E-state index >= 15 is 0 Å². The van der Waals surface area contributed by atoms with Gasteiger partial charge in [-0.2, -0.15) is 0 Å². The number of aromatic nitrogens is 4. The highest BCUT2D eigenvalue weighted by Gasteiger charge is 2.20. The van der Waals surface area contributed by atoms with Crippen molar-refractivity contribution in [1.29, 1.82) is 0 Å². The van der Waals surface area contributed by atoms with Gasteiger partial charge in [0.1, 0.15) is 4.83 Å². The van der Waals surface area contributed by atoms with Crippen molar-refractivity contribution < 1.29 is 0 Å². The second kappa shape index (κ2) is 9.51. The highest BCUT2D eigenvalue weighted by atomic mass is 32.1. The Morgan fingerprint density at radius 2 is 1.28 bits per heavy atom. The van der Waals surface area contributed by atoms with Gasteiger partial charge in [-0.05, 0) is 59.0 Å². The Labute approximate surface area is 251 Å². The Hall–Kier alpha value is -5.52. The molecule has 0 fully saturated rings. The molecule has 4 aromatic heterocycles. The van der Waals surface area contributed by atoms with Crippen LogP contribution in [0.5, 0.6) is 0 Å². The summed E-state index contributed by atoms with van der Waals surface area (Å²) in [5, 5.41) is 6.73. The molecule has 0 aliphatic carbocycles. The fourth-order valence-electron chi connectivity index (χ4n) is 6.34. The second-order valence-corrected chi connectivity index (χ2v) is 11.6. The van der Waals surface area contributed by atoms with E-state index in [9.17, 15) is 0 Å². The van der Waals surface area contributed by atoms with Crippen LogP contribution < -0.4 is 0 Å². The molecule has 5 heteroatoms. The molecule has 0 saturated carbocycles. The molecule has 0 radical (unpaired) electrons. The Kier molecular flexibility index (Phi) is 5.33. The smallest absolute Gasteiger partial charge is 0.236 e. The van der Waals surface area contributed by atoms with Gasteiger partial charge < -0.3 is 4.57 Å². The molecule has 0 atom stereocenters. The number of nitrogens with zero attached hydrogens (tertiary/aromatic N) is 4. The lowest BCUT2D eigenvalue weighted by molar-refractivity contribution is 1.02. The fourth-order valence-corrected chi connectivity index (χ4v) is 7.10. The normalized spacial score (nSPS) is 11.7. The molecule has 0 spiro atoms. The van der Waals surface area contributed by atoms with Gasteiger partial charge in [0.2, 0.25) is 5.95 Å². The van der Waals surface area contributed by atoms with E-state index in [1.165, 1.54) is 27.3 Å². The quantitative estimate of drug-likeness (QED) is 0.212. The lowest BCUT2D eigenvalue weighted by atomic mass is 10.0. The first-order valence-corrected chi connectivity index (χ1v) is 15.2. The average molecular weight is 569 g/mol. The molecular formula is C38H24N4S. The van der Waals surface area contributed by atoms with Crippen molar-refractivity contribution in [1.82, 2.24) is 19.1 Å². The van der Waals surface area contributed by atoms with Crippen molar-refractivity contribution >= 4 is 54.3 Å². The minimum Gasteiger partial charge on any atom is -0.316 e. The number of para-hydroxylation sites is 2. The standard InChI is InChI=1S/C38H24N4S/c1-3-10-25(11-4-1)26-12-9-13-27(24-26)35-32-21-23-43-37(32)40-38(39-35)42-34-17-8-7-16-29(34)30-18-19-33-31(36(30)42)20-22-41(33)28-14-5-2-6-15-28/h1-24H. The molecule has 4 heterocycles. The van der Waals surface area contributed by atoms with Crippen LogP contribution in [-0.4, -0.2) is 19.1 Å². The molecule has 202 valence electrons. The lowest BCUT2D eigenvalue weighted by Gasteiger charge is -2.12. The maximum absolute atomic E-state index is 5.34. The highest BCUT2D eigenvalue weighted by Crippen LogP contribution is 2.39. The van der Waals surface area contributed by atoms with Crippen molar-refractivity contribution in [2.75, 3.05) is 0 Å². The molecule has 43 heavy (non-hydrogen) atoms. The van der Waals surface area contributed by atoms with Gasteiger partial charge in [-0.3, -0.25) is 4.57 Å². The molecule has 0 N–H and O–H groups in total. The van der Waals surface area contributed by atoms with Gasteiger partial charge in [0.25, 0.3) is 0 Å². The fraction of sp³-hybridized carbons (Fsp3) is 0. The van der Waals surface area contributed by atoms with Crippen LogP contribution >= 0.6 is 11.3 Å². The monoisotopic (exact) mass is 568 g/mol. The van der Waals surface area contributed by atoms with E-state index in [-0.39, 0.29) is 0 Å². The van der Waals surface area contributed by atoms with Crippen molar-refractivity contribution in [2.24, 2.45) is 0 Å². The number of benzene rings is 5. The van der Waals surface area contributed by atoms with E-state index in [0.29, 0.717) is 5.95 Å².